The van der Waals surface area contributed by atoms with E-state index in [1.54, 1.807) is 22.2 Å². The molecule has 7 heteroatoms. The second-order valence-corrected chi connectivity index (χ2v) is 5.94. The maximum atomic E-state index is 12.4. The highest BCUT2D eigenvalue weighted by molar-refractivity contribution is 7.09. The van der Waals surface area contributed by atoms with Crippen molar-refractivity contribution in [1.82, 2.24) is 19.9 Å². The van der Waals surface area contributed by atoms with Gasteiger partial charge in [0.05, 0.1) is 12.7 Å². The van der Waals surface area contributed by atoms with Gasteiger partial charge in [-0.3, -0.25) is 4.79 Å². The van der Waals surface area contributed by atoms with Crippen molar-refractivity contribution in [3.05, 3.63) is 34.3 Å². The second kappa shape index (κ2) is 5.72. The molecular formula is C13H17N5OS. The first-order valence-electron chi connectivity index (χ1n) is 6.71. The summed E-state index contributed by atoms with van der Waals surface area (Å²) in [4.78, 5) is 15.4. The number of aromatic nitrogens is 3. The van der Waals surface area contributed by atoms with Crippen LogP contribution in [-0.2, 0) is 6.54 Å². The lowest BCUT2D eigenvalue weighted by atomic mass is 10.2. The van der Waals surface area contributed by atoms with E-state index in [1.165, 1.54) is 4.88 Å². The molecule has 1 fully saturated rings. The Morgan fingerprint density at radius 2 is 2.45 bits per heavy atom. The topological polar surface area (TPSA) is 77.0 Å². The summed E-state index contributed by atoms with van der Waals surface area (Å²) in [5.41, 5.74) is 6.11. The normalized spacial score (nSPS) is 18.6. The Kier molecular flexibility index (Phi) is 3.79. The van der Waals surface area contributed by atoms with Gasteiger partial charge >= 0.3 is 0 Å². The number of hydrogen-bond acceptors (Lipinski definition) is 5. The van der Waals surface area contributed by atoms with Crippen LogP contribution in [0.2, 0.25) is 0 Å². The van der Waals surface area contributed by atoms with E-state index in [0.29, 0.717) is 18.8 Å². The van der Waals surface area contributed by atoms with E-state index in [1.807, 2.05) is 22.4 Å². The summed E-state index contributed by atoms with van der Waals surface area (Å²) < 4.78 is 1.70. The minimum Gasteiger partial charge on any atom is -0.333 e. The molecule has 1 aliphatic rings. The molecule has 0 radical (unpaired) electrons. The van der Waals surface area contributed by atoms with Crippen LogP contribution in [0, 0.1) is 0 Å². The molecule has 0 aromatic carbocycles. The Labute approximate surface area is 121 Å². The van der Waals surface area contributed by atoms with Gasteiger partial charge in [0.15, 0.2) is 5.69 Å². The van der Waals surface area contributed by atoms with E-state index in [-0.39, 0.29) is 11.9 Å². The molecule has 3 heterocycles. The van der Waals surface area contributed by atoms with Gasteiger partial charge in [0.2, 0.25) is 0 Å². The predicted octanol–water partition coefficient (Wildman–Crippen LogP) is 0.951. The maximum absolute atomic E-state index is 12.4. The van der Waals surface area contributed by atoms with Crippen LogP contribution in [0.4, 0.5) is 0 Å². The van der Waals surface area contributed by atoms with Crippen molar-refractivity contribution in [1.29, 1.82) is 0 Å². The highest BCUT2D eigenvalue weighted by Crippen LogP contribution is 2.18. The van der Waals surface area contributed by atoms with Crippen molar-refractivity contribution in [2.24, 2.45) is 5.73 Å². The van der Waals surface area contributed by atoms with Gasteiger partial charge in [0.1, 0.15) is 0 Å². The third kappa shape index (κ3) is 2.59. The lowest BCUT2D eigenvalue weighted by Gasteiger charge is -2.22. The Balaban J connectivity index is 1.71. The molecule has 2 aromatic heterocycles. The van der Waals surface area contributed by atoms with Crippen LogP contribution in [0.5, 0.6) is 0 Å². The van der Waals surface area contributed by atoms with E-state index in [2.05, 4.69) is 10.3 Å². The van der Waals surface area contributed by atoms with Gasteiger partial charge in [-0.1, -0.05) is 11.3 Å². The van der Waals surface area contributed by atoms with Crippen molar-refractivity contribution in [2.75, 3.05) is 13.1 Å². The first-order valence-corrected chi connectivity index (χ1v) is 7.59. The molecule has 0 spiro atoms. The van der Waals surface area contributed by atoms with E-state index < -0.39 is 0 Å². The number of nitrogens with zero attached hydrogens (tertiary/aromatic N) is 4. The summed E-state index contributed by atoms with van der Waals surface area (Å²) in [6, 6.07) is 4.18. The van der Waals surface area contributed by atoms with Crippen molar-refractivity contribution in [3.8, 4) is 0 Å². The number of hydrogen-bond donors (Lipinski definition) is 1. The molecule has 0 unspecified atom stereocenters. The molecule has 2 aromatic rings. The zero-order valence-corrected chi connectivity index (χ0v) is 11.9. The van der Waals surface area contributed by atoms with Crippen LogP contribution in [-0.4, -0.2) is 44.9 Å². The highest BCUT2D eigenvalue weighted by atomic mass is 32.1. The lowest BCUT2D eigenvalue weighted by molar-refractivity contribution is 0.0735. The Hall–Kier alpha value is -1.73. The Morgan fingerprint density at radius 3 is 3.20 bits per heavy atom. The number of likely N-dealkylation sites (tertiary alicyclic amines) is 1. The number of amides is 1. The van der Waals surface area contributed by atoms with Gasteiger partial charge in [-0.05, 0) is 24.3 Å². The molecule has 1 aliphatic heterocycles. The van der Waals surface area contributed by atoms with Crippen molar-refractivity contribution in [3.63, 3.8) is 0 Å². The third-order valence-corrected chi connectivity index (χ3v) is 4.43. The molecule has 1 saturated heterocycles. The second-order valence-electron chi connectivity index (χ2n) is 4.91. The van der Waals surface area contributed by atoms with Crippen LogP contribution in [0.1, 0.15) is 28.2 Å². The molecule has 1 atom stereocenters. The molecule has 2 N–H and O–H groups in total. The van der Waals surface area contributed by atoms with Crippen LogP contribution in [0.25, 0.3) is 0 Å². The van der Waals surface area contributed by atoms with Crippen LogP contribution in [0.3, 0.4) is 0 Å². The average molecular weight is 291 g/mol. The van der Waals surface area contributed by atoms with Gasteiger partial charge in [0.25, 0.3) is 5.91 Å². The predicted molar refractivity (Wildman–Crippen MR) is 76.6 cm³/mol. The van der Waals surface area contributed by atoms with Crippen LogP contribution >= 0.6 is 11.3 Å². The fourth-order valence-electron chi connectivity index (χ4n) is 2.53. The average Bonchev–Trinajstić information content (AvgIpc) is 3.19. The van der Waals surface area contributed by atoms with Gasteiger partial charge < -0.3 is 10.6 Å². The van der Waals surface area contributed by atoms with Crippen LogP contribution in [0.15, 0.2) is 23.7 Å². The fraction of sp³-hybridized carbons (Fsp3) is 0.462. The first-order chi connectivity index (χ1) is 9.78. The maximum Gasteiger partial charge on any atom is 0.276 e. The number of nitrogens with two attached hydrogens (primary N) is 1. The summed E-state index contributed by atoms with van der Waals surface area (Å²) in [5.74, 6) is -0.0598. The molecule has 1 amide bonds. The van der Waals surface area contributed by atoms with Gasteiger partial charge in [0, 0.05) is 24.0 Å². The SMILES string of the molecule is NC[C@H]1CCCN1C(=O)c1cn(Cc2cccs2)nn1. The highest BCUT2D eigenvalue weighted by Gasteiger charge is 2.29. The van der Waals surface area contributed by atoms with E-state index in [4.69, 9.17) is 5.73 Å². The molecule has 0 aliphatic carbocycles. The first kappa shape index (κ1) is 13.3. The van der Waals surface area contributed by atoms with Gasteiger partial charge in [-0.15, -0.1) is 16.4 Å². The molecular weight excluding hydrogens is 274 g/mol. The molecule has 0 saturated carbocycles. The van der Waals surface area contributed by atoms with E-state index >= 15 is 0 Å². The van der Waals surface area contributed by atoms with E-state index in [9.17, 15) is 4.79 Å². The minimum absolute atomic E-state index is 0.0598. The zero-order valence-electron chi connectivity index (χ0n) is 11.1. The lowest BCUT2D eigenvalue weighted by Crippen LogP contribution is -2.40. The Morgan fingerprint density at radius 1 is 1.55 bits per heavy atom. The number of carbonyl (C=O) groups excluding carboxylic acids is 1. The van der Waals surface area contributed by atoms with Crippen molar-refractivity contribution < 1.29 is 4.79 Å². The monoisotopic (exact) mass is 291 g/mol. The molecule has 6 nitrogen and oxygen atoms in total. The van der Waals surface area contributed by atoms with Gasteiger partial charge in [-0.2, -0.15) is 0 Å². The number of thiophene rings is 1. The summed E-state index contributed by atoms with van der Waals surface area (Å²) in [7, 11) is 0. The van der Waals surface area contributed by atoms with E-state index in [0.717, 1.165) is 19.4 Å². The molecule has 3 rings (SSSR count). The fourth-order valence-corrected chi connectivity index (χ4v) is 3.23. The largest absolute Gasteiger partial charge is 0.333 e. The Bertz CT molecular complexity index is 579. The molecule has 0 bridgehead atoms. The molecule has 20 heavy (non-hydrogen) atoms. The summed E-state index contributed by atoms with van der Waals surface area (Å²) in [5, 5.41) is 10.0. The third-order valence-electron chi connectivity index (χ3n) is 3.57. The van der Waals surface area contributed by atoms with Crippen molar-refractivity contribution in [2.45, 2.75) is 25.4 Å². The van der Waals surface area contributed by atoms with Crippen LogP contribution < -0.4 is 5.73 Å². The molecule has 106 valence electrons. The summed E-state index contributed by atoms with van der Waals surface area (Å²) >= 11 is 1.66. The van der Waals surface area contributed by atoms with Crippen molar-refractivity contribution >= 4 is 17.2 Å². The zero-order chi connectivity index (χ0) is 13.9. The minimum atomic E-state index is -0.0598. The van der Waals surface area contributed by atoms with Gasteiger partial charge in [-0.25, -0.2) is 4.68 Å². The number of carbonyl (C=O) groups is 1. The number of rotatable bonds is 4. The summed E-state index contributed by atoms with van der Waals surface area (Å²) in [6.07, 6.45) is 3.70. The standard InChI is InChI=1S/C13H17N5OS/c14-7-10-3-1-5-18(10)13(19)12-9-17(16-15-12)8-11-4-2-6-20-11/h2,4,6,9-10H,1,3,5,7-8,14H2/t10-/m1/s1. The smallest absolute Gasteiger partial charge is 0.276 e. The quantitative estimate of drug-likeness (QED) is 0.910. The summed E-state index contributed by atoms with van der Waals surface area (Å²) in [6.45, 7) is 1.92.